The lowest BCUT2D eigenvalue weighted by Gasteiger charge is -2.34. The topological polar surface area (TPSA) is 123 Å². The number of alkyl halides is 1. The molecule has 8 nitrogen and oxygen atoms in total. The van der Waals surface area contributed by atoms with Gasteiger partial charge >= 0.3 is 13.2 Å². The van der Waals surface area contributed by atoms with E-state index in [9.17, 15) is 24.0 Å². The summed E-state index contributed by atoms with van der Waals surface area (Å²) < 4.78 is 19.1. The number of nitrogens with zero attached hydrogens (tertiary/aromatic N) is 2. The molecule has 1 aliphatic heterocycles. The highest BCUT2D eigenvalue weighted by Crippen LogP contribution is 2.32. The first-order valence-electron chi connectivity index (χ1n) is 9.04. The number of hydrogen-bond donors (Lipinski definition) is 3. The molecule has 1 aromatic rings. The van der Waals surface area contributed by atoms with Crippen molar-refractivity contribution in [3.8, 4) is 6.07 Å². The van der Waals surface area contributed by atoms with Crippen LogP contribution in [0.2, 0.25) is 0 Å². The largest absolute Gasteiger partial charge is 0.475 e. The van der Waals surface area contributed by atoms with Crippen LogP contribution in [0, 0.1) is 11.3 Å². The molecule has 10 heteroatoms. The third-order valence-corrected chi connectivity index (χ3v) is 4.81. The minimum absolute atomic E-state index is 0.0687. The summed E-state index contributed by atoms with van der Waals surface area (Å²) in [5, 5.41) is 30.3. The van der Waals surface area contributed by atoms with Crippen LogP contribution in [0.5, 0.6) is 0 Å². The van der Waals surface area contributed by atoms with Gasteiger partial charge in [-0.25, -0.2) is 9.18 Å². The van der Waals surface area contributed by atoms with Gasteiger partial charge in [0.15, 0.2) is 0 Å². The van der Waals surface area contributed by atoms with Crippen LogP contribution >= 0.6 is 0 Å². The Labute approximate surface area is 168 Å². The molecule has 2 amide bonds. The van der Waals surface area contributed by atoms with E-state index >= 15 is 0 Å². The van der Waals surface area contributed by atoms with E-state index in [-0.39, 0.29) is 31.6 Å². The molecule has 1 fully saturated rings. The van der Waals surface area contributed by atoms with Crippen molar-refractivity contribution in [2.45, 2.75) is 37.4 Å². The van der Waals surface area contributed by atoms with E-state index in [1.165, 1.54) is 0 Å². The van der Waals surface area contributed by atoms with Crippen LogP contribution in [-0.2, 0) is 16.0 Å². The summed E-state index contributed by atoms with van der Waals surface area (Å²) in [4.78, 5) is 25.6. The van der Waals surface area contributed by atoms with Gasteiger partial charge in [0.05, 0.1) is 18.0 Å². The van der Waals surface area contributed by atoms with Gasteiger partial charge in [-0.05, 0) is 18.9 Å². The van der Waals surface area contributed by atoms with Crippen molar-refractivity contribution >= 4 is 19.1 Å². The van der Waals surface area contributed by atoms with Gasteiger partial charge in [0.2, 0.25) is 0 Å². The third-order valence-electron chi connectivity index (χ3n) is 4.81. The normalized spacial score (nSPS) is 21.8. The molecule has 0 bridgehead atoms. The smallest absolute Gasteiger partial charge is 0.447 e. The van der Waals surface area contributed by atoms with E-state index in [1.54, 1.807) is 37.3 Å². The molecular formula is C19H23BFN3O5. The molecule has 0 aromatic heterocycles. The molecule has 0 aliphatic carbocycles. The Kier molecular flexibility index (Phi) is 7.37. The molecule has 154 valence electrons. The van der Waals surface area contributed by atoms with Crippen LogP contribution in [-0.4, -0.2) is 64.9 Å². The lowest BCUT2D eigenvalue weighted by Crippen LogP contribution is -2.51. The van der Waals surface area contributed by atoms with Gasteiger partial charge in [0, 0.05) is 6.42 Å². The van der Waals surface area contributed by atoms with Crippen LogP contribution < -0.4 is 5.32 Å². The van der Waals surface area contributed by atoms with E-state index in [4.69, 9.17) is 10.00 Å². The van der Waals surface area contributed by atoms with Crippen molar-refractivity contribution in [3.05, 3.63) is 48.0 Å². The first-order valence-corrected chi connectivity index (χ1v) is 9.04. The van der Waals surface area contributed by atoms with Gasteiger partial charge in [-0.15, -0.1) is 0 Å². The van der Waals surface area contributed by atoms with Crippen molar-refractivity contribution in [3.63, 3.8) is 0 Å². The van der Waals surface area contributed by atoms with E-state index < -0.39 is 36.8 Å². The molecule has 3 atom stereocenters. The first kappa shape index (κ1) is 22.4. The van der Waals surface area contributed by atoms with Crippen LogP contribution in [0.3, 0.4) is 0 Å². The number of carbonyl (C=O) groups excluding carboxylic acids is 2. The Morgan fingerprint density at radius 3 is 2.72 bits per heavy atom. The molecular weight excluding hydrogens is 380 g/mol. The van der Waals surface area contributed by atoms with Crippen molar-refractivity contribution in [2.24, 2.45) is 0 Å². The number of carbonyl (C=O) groups is 2. The third kappa shape index (κ3) is 5.79. The van der Waals surface area contributed by atoms with Crippen molar-refractivity contribution in [1.82, 2.24) is 10.2 Å². The fourth-order valence-electron chi connectivity index (χ4n) is 3.26. The van der Waals surface area contributed by atoms with Gasteiger partial charge < -0.3 is 25.0 Å². The summed E-state index contributed by atoms with van der Waals surface area (Å²) in [5.41, 5.74) is -0.706. The molecule has 0 spiro atoms. The Hall–Kier alpha value is -2.90. The Morgan fingerprint density at radius 2 is 2.14 bits per heavy atom. The van der Waals surface area contributed by atoms with E-state index in [0.717, 1.165) is 10.5 Å². The molecule has 0 unspecified atom stereocenters. The number of hydrogen-bond acceptors (Lipinski definition) is 6. The molecule has 0 radical (unpaired) electrons. The quantitative estimate of drug-likeness (QED) is 0.351. The highest BCUT2D eigenvalue weighted by Gasteiger charge is 2.46. The summed E-state index contributed by atoms with van der Waals surface area (Å²) in [6.45, 7) is 4.34. The van der Waals surface area contributed by atoms with Gasteiger partial charge in [-0.2, -0.15) is 5.26 Å². The molecule has 1 aromatic carbocycles. The zero-order chi connectivity index (χ0) is 21.6. The van der Waals surface area contributed by atoms with Crippen LogP contribution in [0.4, 0.5) is 9.18 Å². The monoisotopic (exact) mass is 403 g/mol. The summed E-state index contributed by atoms with van der Waals surface area (Å²) in [6.07, 6.45) is -2.17. The van der Waals surface area contributed by atoms with Crippen LogP contribution in [0.1, 0.15) is 18.9 Å². The Morgan fingerprint density at radius 1 is 1.48 bits per heavy atom. The SMILES string of the molecule is C=C(C#N)C(=O)N1C[C@@H](F)C[C@]1(C)COC(=O)N[C@@H](Cc1ccccc1)B(O)O. The Balaban J connectivity index is 1.99. The average Bonchev–Trinajstić information content (AvgIpc) is 3.00. The van der Waals surface area contributed by atoms with Crippen LogP contribution in [0.25, 0.3) is 0 Å². The summed E-state index contributed by atoms with van der Waals surface area (Å²) in [6, 6.07) is 10.6. The molecule has 3 N–H and O–H groups in total. The number of nitrogens with one attached hydrogen (secondary N) is 1. The van der Waals surface area contributed by atoms with Crippen molar-refractivity contribution in [2.75, 3.05) is 13.2 Å². The van der Waals surface area contributed by atoms with E-state index in [0.29, 0.717) is 0 Å². The zero-order valence-corrected chi connectivity index (χ0v) is 16.0. The highest BCUT2D eigenvalue weighted by atomic mass is 19.1. The highest BCUT2D eigenvalue weighted by molar-refractivity contribution is 6.43. The first-order chi connectivity index (χ1) is 13.7. The second-order valence-electron chi connectivity index (χ2n) is 7.23. The summed E-state index contributed by atoms with van der Waals surface area (Å²) >= 11 is 0. The van der Waals surface area contributed by atoms with Crippen molar-refractivity contribution < 1.29 is 28.8 Å². The summed E-state index contributed by atoms with van der Waals surface area (Å²) in [5.74, 6) is -1.74. The van der Waals surface area contributed by atoms with Gasteiger partial charge in [-0.1, -0.05) is 36.9 Å². The van der Waals surface area contributed by atoms with Gasteiger partial charge in [-0.3, -0.25) is 4.79 Å². The number of amides is 2. The molecule has 1 heterocycles. The average molecular weight is 403 g/mol. The van der Waals surface area contributed by atoms with E-state index in [1.807, 2.05) is 6.07 Å². The summed E-state index contributed by atoms with van der Waals surface area (Å²) in [7, 11) is -1.82. The lowest BCUT2D eigenvalue weighted by molar-refractivity contribution is -0.131. The number of halogens is 1. The molecule has 2 rings (SSSR count). The molecule has 1 saturated heterocycles. The second kappa shape index (κ2) is 9.54. The Bertz CT molecular complexity index is 801. The van der Waals surface area contributed by atoms with Gasteiger partial charge in [0.25, 0.3) is 5.91 Å². The predicted molar refractivity (Wildman–Crippen MR) is 103 cm³/mol. The fourth-order valence-corrected chi connectivity index (χ4v) is 3.26. The van der Waals surface area contributed by atoms with E-state index in [2.05, 4.69) is 11.9 Å². The maximum atomic E-state index is 14.0. The van der Waals surface area contributed by atoms with Crippen molar-refractivity contribution in [1.29, 1.82) is 5.26 Å². The molecule has 0 saturated carbocycles. The lowest BCUT2D eigenvalue weighted by atomic mass is 9.76. The molecule has 1 aliphatic rings. The number of benzene rings is 1. The number of alkyl carbamates (subject to hydrolysis) is 1. The minimum atomic E-state index is -1.82. The maximum absolute atomic E-state index is 14.0. The number of rotatable bonds is 7. The zero-order valence-electron chi connectivity index (χ0n) is 16.0. The number of likely N-dealkylation sites (tertiary alicyclic amines) is 1. The van der Waals surface area contributed by atoms with Gasteiger partial charge in [0.1, 0.15) is 24.4 Å². The predicted octanol–water partition coefficient (Wildman–Crippen LogP) is 0.745. The standard InChI is InChI=1S/C19H23BFN3O5/c1-13(10-22)17(25)24-11-15(21)9-19(24,2)12-29-18(26)23-16(20(27)28)8-14-6-4-3-5-7-14/h3-7,15-16,27-28H,1,8-9,11-12H2,2H3,(H,23,26)/t15-,16-,19+/m0/s1. The maximum Gasteiger partial charge on any atom is 0.475 e. The fraction of sp³-hybridized carbons (Fsp3) is 0.421. The number of ether oxygens (including phenoxy) is 1. The second-order valence-corrected chi connectivity index (χ2v) is 7.23. The molecule has 29 heavy (non-hydrogen) atoms. The minimum Gasteiger partial charge on any atom is -0.447 e. The van der Waals surface area contributed by atoms with Crippen LogP contribution in [0.15, 0.2) is 42.5 Å². The number of nitriles is 1.